The van der Waals surface area contributed by atoms with E-state index in [0.717, 1.165) is 5.56 Å². The third-order valence-electron chi connectivity index (χ3n) is 1.91. The molecule has 1 rings (SSSR count). The molecule has 0 saturated carbocycles. The second-order valence-corrected chi connectivity index (χ2v) is 3.10. The first-order chi connectivity index (χ1) is 7.77. The van der Waals surface area contributed by atoms with E-state index < -0.39 is 5.97 Å². The van der Waals surface area contributed by atoms with Crippen LogP contribution >= 0.6 is 0 Å². The lowest BCUT2D eigenvalue weighted by Crippen LogP contribution is -2.17. The monoisotopic (exact) mass is 216 g/mol. The average Bonchev–Trinajstić information content (AvgIpc) is 2.34. The van der Waals surface area contributed by atoms with Gasteiger partial charge in [-0.1, -0.05) is 36.4 Å². The Balaban J connectivity index is 2.53. The van der Waals surface area contributed by atoms with Gasteiger partial charge < -0.3 is 10.3 Å². The van der Waals surface area contributed by atoms with E-state index in [4.69, 9.17) is 10.3 Å². The zero-order chi connectivity index (χ0) is 11.8. The highest BCUT2D eigenvalue weighted by Crippen LogP contribution is 2.01. The maximum absolute atomic E-state index is 11.4. The van der Waals surface area contributed by atoms with Gasteiger partial charge in [0.15, 0.2) is 0 Å². The average molecular weight is 216 g/mol. The Bertz CT molecular complexity index is 420. The van der Waals surface area contributed by atoms with Gasteiger partial charge in [0, 0.05) is 0 Å². The minimum absolute atomic E-state index is 0.0501. The Morgan fingerprint density at radius 3 is 2.69 bits per heavy atom. The number of hydrogen-bond donors (Lipinski definition) is 0. The van der Waals surface area contributed by atoms with E-state index in [1.165, 1.54) is 6.08 Å². The van der Waals surface area contributed by atoms with E-state index >= 15 is 0 Å². The van der Waals surface area contributed by atoms with Crippen molar-refractivity contribution in [3.05, 3.63) is 54.1 Å². The molecule has 0 amide bonds. The number of benzene rings is 1. The Hall–Kier alpha value is -2.19. The summed E-state index contributed by atoms with van der Waals surface area (Å²) in [5, 5.41) is 0. The highest BCUT2D eigenvalue weighted by molar-refractivity contribution is 6.34. The van der Waals surface area contributed by atoms with Gasteiger partial charge in [-0.05, 0) is 5.56 Å². The minimum Gasteiger partial charge on any atom is -0.452 e. The van der Waals surface area contributed by atoms with Gasteiger partial charge in [0.1, 0.15) is 6.61 Å². The Morgan fingerprint density at radius 2 is 2.12 bits per heavy atom. The van der Waals surface area contributed by atoms with Gasteiger partial charge in [0.2, 0.25) is 0 Å². The maximum Gasteiger partial charge on any atom is 0.417 e. The van der Waals surface area contributed by atoms with Crippen LogP contribution in [0.5, 0.6) is 0 Å². The summed E-state index contributed by atoms with van der Waals surface area (Å²) in [6, 6.07) is 9.28. The molecule has 0 spiro atoms. The van der Waals surface area contributed by atoms with Crippen molar-refractivity contribution in [2.45, 2.75) is 13.0 Å². The molecule has 4 heteroatoms. The molecule has 0 aliphatic rings. The fourth-order valence-corrected chi connectivity index (χ4v) is 1.11. The molecule has 0 aromatic heterocycles. The van der Waals surface area contributed by atoms with Crippen LogP contribution in [-0.4, -0.2) is 16.5 Å². The zero-order valence-electron chi connectivity index (χ0n) is 8.80. The molecule has 16 heavy (non-hydrogen) atoms. The van der Waals surface area contributed by atoms with E-state index in [9.17, 15) is 4.79 Å². The van der Waals surface area contributed by atoms with Crippen molar-refractivity contribution in [1.82, 2.24) is 0 Å². The number of carbonyl (C=O) groups is 1. The highest BCUT2D eigenvalue weighted by atomic mass is 16.5. The Kier molecular flexibility index (Phi) is 4.70. The fourth-order valence-electron chi connectivity index (χ4n) is 1.11. The van der Waals surface area contributed by atoms with Gasteiger partial charge in [-0.2, -0.15) is 4.79 Å². The van der Waals surface area contributed by atoms with Gasteiger partial charge in [-0.15, -0.1) is 6.58 Å². The summed E-state index contributed by atoms with van der Waals surface area (Å²) in [4.78, 5) is 14.2. The van der Waals surface area contributed by atoms with Gasteiger partial charge in [-0.3, -0.25) is 0 Å². The van der Waals surface area contributed by atoms with Crippen LogP contribution in [0.25, 0.3) is 5.53 Å². The predicted octanol–water partition coefficient (Wildman–Crippen LogP) is 1.98. The van der Waals surface area contributed by atoms with Crippen LogP contribution in [0.1, 0.15) is 12.0 Å². The molecule has 0 atom stereocenters. The number of carbonyl (C=O) groups excluding carboxylic acids is 1. The molecule has 82 valence electrons. The van der Waals surface area contributed by atoms with E-state index in [1.807, 2.05) is 30.3 Å². The molecule has 0 aliphatic carbocycles. The van der Waals surface area contributed by atoms with E-state index in [1.54, 1.807) is 0 Å². The quantitative estimate of drug-likeness (QED) is 0.248. The van der Waals surface area contributed by atoms with E-state index in [0.29, 0.717) is 0 Å². The van der Waals surface area contributed by atoms with Crippen LogP contribution in [0, 0.1) is 0 Å². The fraction of sp³-hybridized carbons (Fsp3) is 0.167. The van der Waals surface area contributed by atoms with Gasteiger partial charge in [0.25, 0.3) is 0 Å². The third kappa shape index (κ3) is 3.52. The van der Waals surface area contributed by atoms with Crippen LogP contribution < -0.4 is 0 Å². The van der Waals surface area contributed by atoms with Crippen molar-refractivity contribution in [3.8, 4) is 0 Å². The number of allylic oxidation sites excluding steroid dienone is 1. The molecule has 0 heterocycles. The van der Waals surface area contributed by atoms with Crippen molar-refractivity contribution in [3.63, 3.8) is 0 Å². The highest BCUT2D eigenvalue weighted by Gasteiger charge is 2.19. The lowest BCUT2D eigenvalue weighted by molar-refractivity contribution is -0.141. The molecule has 0 bridgehead atoms. The van der Waals surface area contributed by atoms with Gasteiger partial charge >= 0.3 is 11.7 Å². The van der Waals surface area contributed by atoms with E-state index in [-0.39, 0.29) is 18.7 Å². The molecular weight excluding hydrogens is 204 g/mol. The molecule has 4 nitrogen and oxygen atoms in total. The van der Waals surface area contributed by atoms with Crippen LogP contribution in [-0.2, 0) is 16.1 Å². The molecule has 0 fully saturated rings. The topological polar surface area (TPSA) is 62.7 Å². The first-order valence-corrected chi connectivity index (χ1v) is 4.80. The van der Waals surface area contributed by atoms with Gasteiger partial charge in [0.05, 0.1) is 6.42 Å². The summed E-state index contributed by atoms with van der Waals surface area (Å²) in [6.07, 6.45) is 1.66. The van der Waals surface area contributed by atoms with Crippen molar-refractivity contribution in [2.24, 2.45) is 0 Å². The first-order valence-electron chi connectivity index (χ1n) is 4.80. The van der Waals surface area contributed by atoms with Gasteiger partial charge in [-0.25, -0.2) is 4.79 Å². The SMILES string of the molecule is C=CCC(=[N+]=[N-])C(=O)OCc1ccccc1. The van der Waals surface area contributed by atoms with Crippen LogP contribution in [0.15, 0.2) is 43.0 Å². The Labute approximate surface area is 93.8 Å². The van der Waals surface area contributed by atoms with Crippen molar-refractivity contribution in [1.29, 1.82) is 0 Å². The van der Waals surface area contributed by atoms with Crippen LogP contribution in [0.2, 0.25) is 0 Å². The molecule has 0 aliphatic heterocycles. The van der Waals surface area contributed by atoms with Crippen LogP contribution in [0.4, 0.5) is 0 Å². The second kappa shape index (κ2) is 6.32. The van der Waals surface area contributed by atoms with Crippen molar-refractivity contribution in [2.75, 3.05) is 0 Å². The van der Waals surface area contributed by atoms with Crippen molar-refractivity contribution >= 4 is 11.7 Å². The number of rotatable bonds is 5. The summed E-state index contributed by atoms with van der Waals surface area (Å²) in [6.45, 7) is 3.61. The first kappa shape index (κ1) is 11.9. The molecule has 0 N–H and O–H groups in total. The second-order valence-electron chi connectivity index (χ2n) is 3.10. The summed E-state index contributed by atoms with van der Waals surface area (Å²) in [7, 11) is 0. The lowest BCUT2D eigenvalue weighted by atomic mass is 10.2. The van der Waals surface area contributed by atoms with Crippen molar-refractivity contribution < 1.29 is 14.3 Å². The largest absolute Gasteiger partial charge is 0.452 e. The third-order valence-corrected chi connectivity index (χ3v) is 1.91. The standard InChI is InChI=1S/C12H12N2O2/c1-2-6-11(14-13)12(15)16-9-10-7-4-3-5-8-10/h2-5,7-8H,1,6,9H2. The van der Waals surface area contributed by atoms with E-state index in [2.05, 4.69) is 11.4 Å². The molecule has 0 unspecified atom stereocenters. The molecule has 1 aromatic rings. The molecular formula is C12H12N2O2. The summed E-state index contributed by atoms with van der Waals surface area (Å²) in [5.41, 5.74) is 9.40. The summed E-state index contributed by atoms with van der Waals surface area (Å²) < 4.78 is 4.96. The summed E-state index contributed by atoms with van der Waals surface area (Å²) in [5.74, 6) is -0.633. The molecule has 0 radical (unpaired) electrons. The number of hydrogen-bond acceptors (Lipinski definition) is 2. The number of ether oxygens (including phenoxy) is 1. The lowest BCUT2D eigenvalue weighted by Gasteiger charge is -2.01. The number of esters is 1. The normalized spacial score (nSPS) is 9.00. The number of nitrogens with zero attached hydrogens (tertiary/aromatic N) is 2. The smallest absolute Gasteiger partial charge is 0.417 e. The Morgan fingerprint density at radius 1 is 1.44 bits per heavy atom. The van der Waals surface area contributed by atoms with Crippen LogP contribution in [0.3, 0.4) is 0 Å². The molecule has 0 saturated heterocycles. The minimum atomic E-state index is -0.633. The summed E-state index contributed by atoms with van der Waals surface area (Å²) >= 11 is 0. The maximum atomic E-state index is 11.4. The predicted molar refractivity (Wildman–Crippen MR) is 59.7 cm³/mol. The zero-order valence-corrected chi connectivity index (χ0v) is 8.80. The molecule has 1 aromatic carbocycles.